The highest BCUT2D eigenvalue weighted by Crippen LogP contribution is 2.25. The quantitative estimate of drug-likeness (QED) is 0.506. The van der Waals surface area contributed by atoms with Crippen LogP contribution in [-0.4, -0.2) is 18.5 Å². The number of ether oxygens (including phenoxy) is 1. The lowest BCUT2D eigenvalue weighted by Gasteiger charge is -2.08. The van der Waals surface area contributed by atoms with Crippen molar-refractivity contribution in [3.05, 3.63) is 64.7 Å². The van der Waals surface area contributed by atoms with Crippen molar-refractivity contribution in [2.24, 2.45) is 15.9 Å². The molecule has 2 aromatic rings. The van der Waals surface area contributed by atoms with Gasteiger partial charge < -0.3 is 10.5 Å². The molecule has 0 aliphatic carbocycles. The fourth-order valence-electron chi connectivity index (χ4n) is 1.93. The summed E-state index contributed by atoms with van der Waals surface area (Å²) in [6.07, 6.45) is 1.11. The Bertz CT molecular complexity index is 764. The third-order valence-corrected chi connectivity index (χ3v) is 4.09. The molecule has 24 heavy (non-hydrogen) atoms. The van der Waals surface area contributed by atoms with Gasteiger partial charge in [0, 0.05) is 16.9 Å². The van der Waals surface area contributed by atoms with E-state index in [1.807, 2.05) is 30.3 Å². The zero-order chi connectivity index (χ0) is 17.5. The van der Waals surface area contributed by atoms with Crippen LogP contribution in [0, 0.1) is 18.6 Å². The van der Waals surface area contributed by atoms with E-state index in [0.29, 0.717) is 5.75 Å². The highest BCUT2D eigenvalue weighted by molar-refractivity contribution is 8.13. The third-order valence-electron chi connectivity index (χ3n) is 3.23. The summed E-state index contributed by atoms with van der Waals surface area (Å²) >= 11 is 1.30. The number of benzene rings is 2. The van der Waals surface area contributed by atoms with Gasteiger partial charge in [0.05, 0.1) is 13.3 Å². The van der Waals surface area contributed by atoms with Gasteiger partial charge in [-0.2, -0.15) is 5.10 Å². The lowest BCUT2D eigenvalue weighted by atomic mass is 10.1. The summed E-state index contributed by atoms with van der Waals surface area (Å²) in [5.74, 6) is -1.08. The standard InChI is InChI=1S/C17H17F2N3OS/c1-11-14(23-2)8-13(16(19)15(11)18)9-21-22-17(20)24-10-12-6-4-3-5-7-12/h3-9H,10H2,1-2H3,(H2,20,22). The molecule has 0 radical (unpaired) electrons. The molecule has 2 N–H and O–H groups in total. The molecule has 0 spiro atoms. The van der Waals surface area contributed by atoms with E-state index in [4.69, 9.17) is 10.5 Å². The lowest BCUT2D eigenvalue weighted by molar-refractivity contribution is 0.401. The maximum atomic E-state index is 13.9. The van der Waals surface area contributed by atoms with E-state index in [2.05, 4.69) is 10.2 Å². The Hall–Kier alpha value is -2.41. The average molecular weight is 349 g/mol. The van der Waals surface area contributed by atoms with Gasteiger partial charge in [-0.1, -0.05) is 42.1 Å². The van der Waals surface area contributed by atoms with Gasteiger partial charge in [0.1, 0.15) is 5.75 Å². The highest BCUT2D eigenvalue weighted by atomic mass is 32.2. The molecule has 0 aromatic heterocycles. The SMILES string of the molecule is COc1cc(C=NN=C(N)SCc2ccccc2)c(F)c(F)c1C. The first-order valence-corrected chi connectivity index (χ1v) is 8.07. The number of hydrogen-bond donors (Lipinski definition) is 1. The van der Waals surface area contributed by atoms with E-state index >= 15 is 0 Å². The highest BCUT2D eigenvalue weighted by Gasteiger charge is 2.14. The molecule has 0 saturated heterocycles. The van der Waals surface area contributed by atoms with Crippen LogP contribution in [0.2, 0.25) is 0 Å². The normalized spacial score (nSPS) is 11.9. The first-order chi connectivity index (χ1) is 11.5. The van der Waals surface area contributed by atoms with E-state index < -0.39 is 11.6 Å². The number of rotatable bonds is 5. The minimum Gasteiger partial charge on any atom is -0.496 e. The molecule has 0 amide bonds. The van der Waals surface area contributed by atoms with Crippen LogP contribution in [0.15, 0.2) is 46.6 Å². The molecular weight excluding hydrogens is 332 g/mol. The summed E-state index contributed by atoms with van der Waals surface area (Å²) in [5, 5.41) is 7.73. The summed E-state index contributed by atoms with van der Waals surface area (Å²) < 4.78 is 32.6. The molecular formula is C17H17F2N3OS. The van der Waals surface area contributed by atoms with Crippen molar-refractivity contribution in [1.82, 2.24) is 0 Å². The minimum atomic E-state index is -0.997. The predicted octanol–water partition coefficient (Wildman–Crippen LogP) is 3.86. The van der Waals surface area contributed by atoms with Gasteiger partial charge in [-0.05, 0) is 18.6 Å². The van der Waals surface area contributed by atoms with Crippen molar-refractivity contribution in [3.63, 3.8) is 0 Å². The molecule has 126 valence electrons. The van der Waals surface area contributed by atoms with Gasteiger partial charge in [-0.25, -0.2) is 8.78 Å². The molecule has 0 aliphatic rings. The maximum absolute atomic E-state index is 13.9. The second kappa shape index (κ2) is 8.44. The first kappa shape index (κ1) is 17.9. The zero-order valence-electron chi connectivity index (χ0n) is 13.3. The number of methoxy groups -OCH3 is 1. The van der Waals surface area contributed by atoms with Gasteiger partial charge >= 0.3 is 0 Å². The Morgan fingerprint density at radius 2 is 1.96 bits per heavy atom. The molecule has 0 saturated carbocycles. The fourth-order valence-corrected chi connectivity index (χ4v) is 2.54. The van der Waals surface area contributed by atoms with E-state index in [9.17, 15) is 8.78 Å². The maximum Gasteiger partial charge on any atom is 0.180 e. The Balaban J connectivity index is 2.06. The van der Waals surface area contributed by atoms with Crippen molar-refractivity contribution < 1.29 is 13.5 Å². The molecule has 0 aliphatic heterocycles. The van der Waals surface area contributed by atoms with Crippen LogP contribution in [0.5, 0.6) is 5.75 Å². The molecule has 0 fully saturated rings. The first-order valence-electron chi connectivity index (χ1n) is 7.08. The Kier molecular flexibility index (Phi) is 6.31. The van der Waals surface area contributed by atoms with Gasteiger partial charge in [0.2, 0.25) is 0 Å². The molecule has 4 nitrogen and oxygen atoms in total. The number of thioether (sulfide) groups is 1. The van der Waals surface area contributed by atoms with Crippen LogP contribution in [0.3, 0.4) is 0 Å². The van der Waals surface area contributed by atoms with E-state index in [-0.39, 0.29) is 22.0 Å². The lowest BCUT2D eigenvalue weighted by Crippen LogP contribution is -2.06. The Labute approximate surface area is 143 Å². The summed E-state index contributed by atoms with van der Waals surface area (Å²) in [5.41, 5.74) is 6.89. The van der Waals surface area contributed by atoms with Crippen LogP contribution < -0.4 is 10.5 Å². The number of hydrogen-bond acceptors (Lipinski definition) is 4. The number of nitrogens with two attached hydrogens (primary N) is 1. The number of amidine groups is 1. The Morgan fingerprint density at radius 1 is 1.25 bits per heavy atom. The molecule has 0 atom stereocenters. The van der Waals surface area contributed by atoms with Crippen molar-refractivity contribution >= 4 is 23.1 Å². The van der Waals surface area contributed by atoms with E-state index in [1.165, 1.54) is 31.9 Å². The molecule has 7 heteroatoms. The van der Waals surface area contributed by atoms with Crippen LogP contribution in [0.4, 0.5) is 8.78 Å². The van der Waals surface area contributed by atoms with Crippen molar-refractivity contribution in [2.45, 2.75) is 12.7 Å². The van der Waals surface area contributed by atoms with E-state index in [0.717, 1.165) is 11.8 Å². The third kappa shape index (κ3) is 4.55. The summed E-state index contributed by atoms with van der Waals surface area (Å²) in [4.78, 5) is 0. The zero-order valence-corrected chi connectivity index (χ0v) is 14.1. The smallest absolute Gasteiger partial charge is 0.180 e. The summed E-state index contributed by atoms with van der Waals surface area (Å²) in [6.45, 7) is 1.44. The summed E-state index contributed by atoms with van der Waals surface area (Å²) in [6, 6.07) is 11.1. The van der Waals surface area contributed by atoms with Crippen molar-refractivity contribution in [3.8, 4) is 5.75 Å². The molecule has 0 heterocycles. The monoisotopic (exact) mass is 349 g/mol. The predicted molar refractivity (Wildman–Crippen MR) is 94.6 cm³/mol. The van der Waals surface area contributed by atoms with Crippen LogP contribution in [0.25, 0.3) is 0 Å². The second-order valence-corrected chi connectivity index (χ2v) is 5.87. The van der Waals surface area contributed by atoms with Gasteiger partial charge in [0.15, 0.2) is 16.8 Å². The van der Waals surface area contributed by atoms with Gasteiger partial charge in [-0.15, -0.1) is 5.10 Å². The molecule has 0 unspecified atom stereocenters. The summed E-state index contributed by atoms with van der Waals surface area (Å²) in [7, 11) is 1.39. The van der Waals surface area contributed by atoms with Crippen LogP contribution in [0.1, 0.15) is 16.7 Å². The van der Waals surface area contributed by atoms with E-state index in [1.54, 1.807) is 0 Å². The minimum absolute atomic E-state index is 0.0560. The van der Waals surface area contributed by atoms with Crippen LogP contribution in [-0.2, 0) is 5.75 Å². The number of nitrogens with zero attached hydrogens (tertiary/aromatic N) is 2. The van der Waals surface area contributed by atoms with Gasteiger partial charge in [-0.3, -0.25) is 0 Å². The molecule has 2 aromatic carbocycles. The molecule has 0 bridgehead atoms. The topological polar surface area (TPSA) is 60.0 Å². The van der Waals surface area contributed by atoms with Crippen molar-refractivity contribution in [2.75, 3.05) is 7.11 Å². The largest absolute Gasteiger partial charge is 0.496 e. The van der Waals surface area contributed by atoms with Gasteiger partial charge in [0.25, 0.3) is 0 Å². The fraction of sp³-hybridized carbons (Fsp3) is 0.176. The number of halogens is 2. The average Bonchev–Trinajstić information content (AvgIpc) is 2.61. The van der Waals surface area contributed by atoms with Crippen LogP contribution >= 0.6 is 11.8 Å². The second-order valence-electron chi connectivity index (χ2n) is 4.88. The Morgan fingerprint density at radius 3 is 2.62 bits per heavy atom. The van der Waals surface area contributed by atoms with Crippen molar-refractivity contribution in [1.29, 1.82) is 0 Å². The molecule has 2 rings (SSSR count).